The number of likely N-dealkylation sites (N-methyl/N-ethyl adjacent to an activating group) is 1. The van der Waals surface area contributed by atoms with Gasteiger partial charge in [0.25, 0.3) is 0 Å². The van der Waals surface area contributed by atoms with Gasteiger partial charge in [-0.2, -0.15) is 0 Å². The van der Waals surface area contributed by atoms with Crippen LogP contribution in [0.5, 0.6) is 0 Å². The van der Waals surface area contributed by atoms with E-state index in [1.54, 1.807) is 6.08 Å². The van der Waals surface area contributed by atoms with Gasteiger partial charge in [0, 0.05) is 6.42 Å². The molecule has 0 aromatic carbocycles. The molecule has 0 aliphatic heterocycles. The van der Waals surface area contributed by atoms with Crippen molar-refractivity contribution in [3.05, 3.63) is 60.8 Å². The van der Waals surface area contributed by atoms with Crippen molar-refractivity contribution in [3.8, 4) is 0 Å². The number of unbranched alkanes of at least 4 members (excludes halogenated alkanes) is 57. The first-order valence-corrected chi connectivity index (χ1v) is 43.2. The van der Waals surface area contributed by atoms with Crippen LogP contribution in [0.4, 0.5) is 0 Å². The second kappa shape index (κ2) is 75.4. The van der Waals surface area contributed by atoms with Gasteiger partial charge < -0.3 is 19.8 Å². The third kappa shape index (κ3) is 77.6. The Kier molecular flexibility index (Phi) is 74.0. The molecular weight excluding hydrogens is 1180 g/mol. The first-order valence-electron chi connectivity index (χ1n) is 41.7. The average molecular weight is 1340 g/mol. The molecule has 0 radical (unpaired) electrons. The van der Waals surface area contributed by atoms with Crippen LogP contribution in [0, 0.1) is 0 Å². The van der Waals surface area contributed by atoms with Crippen LogP contribution < -0.4 is 5.32 Å². The summed E-state index contributed by atoms with van der Waals surface area (Å²) in [6.07, 6.45) is 106. The molecule has 0 fully saturated rings. The number of allylic oxidation sites excluding steroid dienone is 9. The van der Waals surface area contributed by atoms with Gasteiger partial charge in [-0.25, -0.2) is 4.57 Å². The van der Waals surface area contributed by atoms with Gasteiger partial charge in [-0.05, 0) is 57.8 Å². The topological polar surface area (TPSA) is 105 Å². The summed E-state index contributed by atoms with van der Waals surface area (Å²) in [5, 5.41) is 14.1. The molecule has 0 saturated carbocycles. The lowest BCUT2D eigenvalue weighted by molar-refractivity contribution is -0.870. The summed E-state index contributed by atoms with van der Waals surface area (Å²) in [7, 11) is 1.59. The predicted molar refractivity (Wildman–Crippen MR) is 415 cm³/mol. The van der Waals surface area contributed by atoms with Gasteiger partial charge in [0.1, 0.15) is 13.2 Å². The number of phosphoric ester groups is 1. The van der Waals surface area contributed by atoms with Gasteiger partial charge in [-0.1, -0.05) is 421 Å². The maximum Gasteiger partial charge on any atom is 0.472 e. The summed E-state index contributed by atoms with van der Waals surface area (Å²) in [5.74, 6) is -0.167. The van der Waals surface area contributed by atoms with Crippen LogP contribution in [0.25, 0.3) is 0 Å². The van der Waals surface area contributed by atoms with Gasteiger partial charge in [0.15, 0.2) is 0 Å². The van der Waals surface area contributed by atoms with Crippen LogP contribution in [0.3, 0.4) is 0 Å². The molecule has 0 heterocycles. The van der Waals surface area contributed by atoms with Crippen molar-refractivity contribution in [3.63, 3.8) is 0 Å². The Balaban J connectivity index is 3.90. The Labute approximate surface area is 587 Å². The number of phosphoric acid groups is 1. The quantitative estimate of drug-likeness (QED) is 0.0243. The highest BCUT2D eigenvalue weighted by Gasteiger charge is 2.28. The normalized spacial score (nSPS) is 13.7. The van der Waals surface area contributed by atoms with E-state index in [1.807, 2.05) is 27.2 Å². The van der Waals surface area contributed by atoms with Gasteiger partial charge in [0.05, 0.1) is 39.9 Å². The maximum absolute atomic E-state index is 13.1. The van der Waals surface area contributed by atoms with Crippen LogP contribution in [0.2, 0.25) is 0 Å². The Bertz CT molecular complexity index is 1720. The lowest BCUT2D eigenvalue weighted by atomic mass is 10.0. The van der Waals surface area contributed by atoms with E-state index in [2.05, 4.69) is 67.8 Å². The van der Waals surface area contributed by atoms with Crippen LogP contribution >= 0.6 is 7.82 Å². The molecule has 1 amide bonds. The number of aliphatic hydroxyl groups excluding tert-OH is 1. The van der Waals surface area contributed by atoms with Crippen molar-refractivity contribution in [1.29, 1.82) is 0 Å². The zero-order chi connectivity index (χ0) is 68.3. The van der Waals surface area contributed by atoms with Crippen LogP contribution in [-0.4, -0.2) is 73.4 Å². The molecule has 3 atom stereocenters. The number of hydrogen-bond donors (Lipinski definition) is 3. The van der Waals surface area contributed by atoms with Gasteiger partial charge in [0.2, 0.25) is 5.91 Å². The highest BCUT2D eigenvalue weighted by Crippen LogP contribution is 2.43. The minimum absolute atomic E-state index is 0.0636. The van der Waals surface area contributed by atoms with E-state index >= 15 is 0 Å². The van der Waals surface area contributed by atoms with Crippen LogP contribution in [-0.2, 0) is 18.4 Å². The largest absolute Gasteiger partial charge is 0.472 e. The third-order valence-electron chi connectivity index (χ3n) is 19.2. The number of amides is 1. The number of carbonyl (C=O) groups excluding carboxylic acids is 1. The molecule has 0 saturated heterocycles. The van der Waals surface area contributed by atoms with Crippen molar-refractivity contribution >= 4 is 13.7 Å². The number of aliphatic hydroxyl groups is 1. The first kappa shape index (κ1) is 92.2. The van der Waals surface area contributed by atoms with E-state index in [0.717, 1.165) is 57.8 Å². The van der Waals surface area contributed by atoms with E-state index in [4.69, 9.17) is 9.05 Å². The summed E-state index contributed by atoms with van der Waals surface area (Å²) in [5.41, 5.74) is 0. The molecular formula is C85H164N2O6P+. The molecule has 0 aliphatic carbocycles. The van der Waals surface area contributed by atoms with Crippen molar-refractivity contribution in [2.45, 2.75) is 437 Å². The molecule has 0 aromatic heterocycles. The third-order valence-corrected chi connectivity index (χ3v) is 20.2. The predicted octanol–water partition coefficient (Wildman–Crippen LogP) is 27.5. The van der Waals surface area contributed by atoms with Gasteiger partial charge in [-0.3, -0.25) is 13.8 Å². The number of nitrogens with zero attached hydrogens (tertiary/aromatic N) is 1. The fourth-order valence-corrected chi connectivity index (χ4v) is 13.6. The second-order valence-electron chi connectivity index (χ2n) is 29.8. The van der Waals surface area contributed by atoms with Crippen LogP contribution in [0.15, 0.2) is 60.8 Å². The number of carbonyl (C=O) groups is 1. The molecule has 3 N–H and O–H groups in total. The highest BCUT2D eigenvalue weighted by molar-refractivity contribution is 7.47. The number of quaternary nitrogens is 1. The standard InChI is InChI=1S/C85H163N2O6P/c1-6-8-10-12-14-16-18-20-22-24-26-28-30-32-34-36-38-39-40-41-42-43-44-45-46-47-49-51-53-55-57-59-61-63-65-67-69-71-73-75-77-79-85(89)86-83(82-93-94(90,91)92-81-80-87(3,4)5)84(88)78-76-74-72-70-68-66-64-62-60-58-56-54-52-50-48-37-35-33-31-29-27-25-23-21-19-17-15-13-11-9-7-2/h8,10,14,16,20,22,26,28,76,78,83-84,88H,6-7,9,11-13,15,17-19,21,23-25,27,29-75,77,79-82H2,1-5H3,(H-,86,89,90,91)/p+1/b10-8-,16-14-,22-20-,28-26-,78-76+. The molecule has 0 spiro atoms. The summed E-state index contributed by atoms with van der Waals surface area (Å²) in [6, 6.07) is -0.848. The number of rotatable bonds is 78. The zero-order valence-corrected chi connectivity index (χ0v) is 64.6. The van der Waals surface area contributed by atoms with Gasteiger partial charge in [-0.15, -0.1) is 0 Å². The Morgan fingerprint density at radius 3 is 0.936 bits per heavy atom. The fourth-order valence-electron chi connectivity index (χ4n) is 12.9. The van der Waals surface area contributed by atoms with Crippen molar-refractivity contribution in [1.82, 2.24) is 5.32 Å². The van der Waals surface area contributed by atoms with E-state index in [1.165, 1.54) is 347 Å². The molecule has 3 unspecified atom stereocenters. The SMILES string of the molecule is CC/C=C\C/C=C\C/C=C\C/C=C\CCCCCCCCCCCCCCCCCCCCCCCCCCCCCCC(=O)NC(COP(=O)(O)OCC[N+](C)(C)C)C(O)/C=C/CCCCCCCCCCCCCCCCCCCCCCCCCCCCCCC. The number of hydrogen-bond acceptors (Lipinski definition) is 5. The molecule has 0 aromatic rings. The second-order valence-corrected chi connectivity index (χ2v) is 31.3. The number of nitrogens with one attached hydrogen (secondary N) is 1. The van der Waals surface area contributed by atoms with E-state index in [9.17, 15) is 19.4 Å². The van der Waals surface area contributed by atoms with E-state index in [0.29, 0.717) is 17.4 Å². The molecule has 0 bridgehead atoms. The van der Waals surface area contributed by atoms with E-state index < -0.39 is 20.0 Å². The molecule has 0 aliphatic rings. The monoisotopic (exact) mass is 1340 g/mol. The van der Waals surface area contributed by atoms with Crippen LogP contribution in [0.1, 0.15) is 425 Å². The Morgan fingerprint density at radius 2 is 0.638 bits per heavy atom. The average Bonchev–Trinajstić information content (AvgIpc) is 1.77. The summed E-state index contributed by atoms with van der Waals surface area (Å²) in [6.45, 7) is 4.77. The van der Waals surface area contributed by atoms with Gasteiger partial charge >= 0.3 is 7.82 Å². The summed E-state index contributed by atoms with van der Waals surface area (Å²) in [4.78, 5) is 23.5. The molecule has 8 nitrogen and oxygen atoms in total. The summed E-state index contributed by atoms with van der Waals surface area (Å²) < 4.78 is 23.9. The zero-order valence-electron chi connectivity index (χ0n) is 63.7. The molecule has 0 rings (SSSR count). The molecule has 94 heavy (non-hydrogen) atoms. The lowest BCUT2D eigenvalue weighted by Crippen LogP contribution is -2.45. The molecule has 9 heteroatoms. The lowest BCUT2D eigenvalue weighted by Gasteiger charge is -2.25. The first-order chi connectivity index (χ1) is 46.0. The minimum Gasteiger partial charge on any atom is -0.387 e. The summed E-state index contributed by atoms with van der Waals surface area (Å²) >= 11 is 0. The smallest absolute Gasteiger partial charge is 0.387 e. The van der Waals surface area contributed by atoms with Crippen molar-refractivity contribution in [2.75, 3.05) is 40.9 Å². The fraction of sp³-hybridized carbons (Fsp3) is 0.871. The van der Waals surface area contributed by atoms with Crippen molar-refractivity contribution in [2.24, 2.45) is 0 Å². The minimum atomic E-state index is -4.36. The highest BCUT2D eigenvalue weighted by atomic mass is 31.2. The maximum atomic E-state index is 13.1. The Hall–Kier alpha value is -1.80. The Morgan fingerprint density at radius 1 is 0.372 bits per heavy atom. The van der Waals surface area contributed by atoms with Crippen molar-refractivity contribution < 1.29 is 32.9 Å². The molecule has 554 valence electrons. The van der Waals surface area contributed by atoms with E-state index in [-0.39, 0.29) is 19.1 Å².